The van der Waals surface area contributed by atoms with Gasteiger partial charge in [-0.05, 0) is 63.3 Å². The molecule has 0 fully saturated rings. The molecule has 0 aliphatic rings. The Morgan fingerprint density at radius 1 is 1.16 bits per heavy atom. The third-order valence-electron chi connectivity index (χ3n) is 4.70. The minimum atomic E-state index is -0.0877. The number of hydrogen-bond acceptors (Lipinski definition) is 1. The Morgan fingerprint density at radius 2 is 1.84 bits per heavy atom. The predicted molar refractivity (Wildman–Crippen MR) is 108 cm³/mol. The minimum Gasteiger partial charge on any atom is -0.276 e. The molecule has 0 aliphatic carbocycles. The third-order valence-corrected chi connectivity index (χ3v) is 4.98. The average molecular weight is 357 g/mol. The second-order valence-electron chi connectivity index (χ2n) is 6.55. The van der Waals surface area contributed by atoms with E-state index in [4.69, 9.17) is 16.2 Å². The first-order chi connectivity index (χ1) is 12.0. The van der Waals surface area contributed by atoms with E-state index in [9.17, 15) is 0 Å². The summed E-state index contributed by atoms with van der Waals surface area (Å²) in [6.07, 6.45) is 4.51. The highest BCUT2D eigenvalue weighted by atomic mass is 35.5. The number of hydrogen-bond donors (Lipinski definition) is 0. The fourth-order valence-electron chi connectivity index (χ4n) is 3.44. The molecule has 0 N–H and O–H groups in total. The Bertz CT molecular complexity index is 696. The molecule has 0 aromatic heterocycles. The van der Waals surface area contributed by atoms with Crippen LogP contribution in [0.5, 0.6) is 0 Å². The lowest BCUT2D eigenvalue weighted by Gasteiger charge is -2.33. The highest BCUT2D eigenvalue weighted by Gasteiger charge is 2.32. The van der Waals surface area contributed by atoms with Gasteiger partial charge in [0.2, 0.25) is 0 Å². The normalized spacial score (nSPS) is 15.5. The van der Waals surface area contributed by atoms with Gasteiger partial charge in [-0.1, -0.05) is 55.4 Å². The third kappa shape index (κ3) is 6.28. The molecule has 0 amide bonds. The average Bonchev–Trinajstić information content (AvgIpc) is 2.60. The first kappa shape index (κ1) is 21.4. The molecule has 0 bridgehead atoms. The van der Waals surface area contributed by atoms with Crippen molar-refractivity contribution in [2.75, 3.05) is 0 Å². The number of halogens is 1. The van der Waals surface area contributed by atoms with Gasteiger partial charge in [0.15, 0.2) is 0 Å². The summed E-state index contributed by atoms with van der Waals surface area (Å²) in [5, 5.41) is 0. The number of aryl methyl sites for hydroxylation is 2. The molecular formula is C23H29ClO. The van der Waals surface area contributed by atoms with E-state index in [2.05, 4.69) is 69.6 Å². The Kier molecular flexibility index (Phi) is 9.44. The number of allylic oxidation sites excluding steroid dienone is 2. The molecule has 0 saturated carbocycles. The van der Waals surface area contributed by atoms with Gasteiger partial charge in [0.05, 0.1) is 18.0 Å². The highest BCUT2D eigenvalue weighted by molar-refractivity contribution is 6.07. The lowest BCUT2D eigenvalue weighted by molar-refractivity contribution is 0.120. The Morgan fingerprint density at radius 3 is 2.44 bits per heavy atom. The van der Waals surface area contributed by atoms with Crippen molar-refractivity contribution in [2.45, 2.75) is 60.0 Å². The molecule has 4 atom stereocenters. The molecule has 0 aliphatic heterocycles. The van der Waals surface area contributed by atoms with Crippen LogP contribution < -0.4 is 0 Å². The van der Waals surface area contributed by atoms with Gasteiger partial charge in [-0.15, -0.1) is 5.92 Å². The predicted octanol–water partition coefficient (Wildman–Crippen LogP) is 6.19. The molecule has 0 spiro atoms. The SMILES string of the molecule is CC#C/C=C\C#CC(C)C(C(C)OCl)C(CC)c1cc(C)ccc1C. The fourth-order valence-corrected chi connectivity index (χ4v) is 3.56. The zero-order valence-corrected chi connectivity index (χ0v) is 16.9. The molecular weight excluding hydrogens is 328 g/mol. The van der Waals surface area contributed by atoms with Crippen LogP contribution in [0.3, 0.4) is 0 Å². The Labute approximate surface area is 159 Å². The van der Waals surface area contributed by atoms with Crippen LogP contribution in [-0.4, -0.2) is 6.10 Å². The topological polar surface area (TPSA) is 9.23 Å². The molecule has 1 nitrogen and oxygen atoms in total. The van der Waals surface area contributed by atoms with Crippen LogP contribution >= 0.6 is 11.9 Å². The van der Waals surface area contributed by atoms with E-state index in [1.54, 1.807) is 12.2 Å². The smallest absolute Gasteiger partial charge is 0.0808 e. The van der Waals surface area contributed by atoms with Gasteiger partial charge in [0.1, 0.15) is 0 Å². The van der Waals surface area contributed by atoms with Gasteiger partial charge in [-0.25, -0.2) is 0 Å². The van der Waals surface area contributed by atoms with E-state index >= 15 is 0 Å². The molecule has 0 heterocycles. The number of benzene rings is 1. The van der Waals surface area contributed by atoms with Crippen LogP contribution in [0.2, 0.25) is 0 Å². The molecule has 1 rings (SSSR count). The summed E-state index contributed by atoms with van der Waals surface area (Å²) in [7, 11) is 0. The monoisotopic (exact) mass is 356 g/mol. The van der Waals surface area contributed by atoms with E-state index in [1.165, 1.54) is 16.7 Å². The van der Waals surface area contributed by atoms with E-state index in [1.807, 2.05) is 13.8 Å². The maximum Gasteiger partial charge on any atom is 0.0808 e. The standard InChI is InChI=1S/C23H29ClO/c1-7-9-10-11-12-13-19(5)23(20(6)25-24)21(8-2)22-16-17(3)14-15-18(22)4/h10-11,14-16,19-21,23H,8H2,1-6H3/b11-10-. The summed E-state index contributed by atoms with van der Waals surface area (Å²) < 4.78 is 5.22. The molecule has 1 aromatic carbocycles. The van der Waals surface area contributed by atoms with Gasteiger partial charge >= 0.3 is 0 Å². The first-order valence-electron chi connectivity index (χ1n) is 8.89. The highest BCUT2D eigenvalue weighted by Crippen LogP contribution is 2.38. The van der Waals surface area contributed by atoms with Crippen molar-refractivity contribution >= 4 is 11.9 Å². The largest absolute Gasteiger partial charge is 0.276 e. The quantitative estimate of drug-likeness (QED) is 0.552. The second kappa shape index (κ2) is 11.0. The summed E-state index contributed by atoms with van der Waals surface area (Å²) in [6.45, 7) is 12.5. The Hall–Kier alpha value is -1.67. The zero-order valence-electron chi connectivity index (χ0n) is 16.2. The van der Waals surface area contributed by atoms with Crippen LogP contribution in [0, 0.1) is 49.4 Å². The van der Waals surface area contributed by atoms with Crippen molar-refractivity contribution in [3.05, 3.63) is 47.0 Å². The number of rotatable bonds is 6. The summed E-state index contributed by atoms with van der Waals surface area (Å²) >= 11 is 5.77. The van der Waals surface area contributed by atoms with Crippen LogP contribution in [0.15, 0.2) is 30.4 Å². The van der Waals surface area contributed by atoms with Gasteiger partial charge in [-0.2, -0.15) is 0 Å². The van der Waals surface area contributed by atoms with Crippen molar-refractivity contribution in [3.8, 4) is 23.7 Å². The first-order valence-corrected chi connectivity index (χ1v) is 9.19. The fraction of sp³-hybridized carbons (Fsp3) is 0.478. The molecule has 0 saturated heterocycles. The molecule has 4 unspecified atom stereocenters. The second-order valence-corrected chi connectivity index (χ2v) is 6.73. The summed E-state index contributed by atoms with van der Waals surface area (Å²) in [6, 6.07) is 6.64. The molecule has 0 radical (unpaired) electrons. The van der Waals surface area contributed by atoms with Crippen LogP contribution in [0.4, 0.5) is 0 Å². The van der Waals surface area contributed by atoms with Gasteiger partial charge < -0.3 is 0 Å². The van der Waals surface area contributed by atoms with Crippen molar-refractivity contribution in [2.24, 2.45) is 11.8 Å². The van der Waals surface area contributed by atoms with Crippen molar-refractivity contribution in [3.63, 3.8) is 0 Å². The zero-order chi connectivity index (χ0) is 18.8. The van der Waals surface area contributed by atoms with E-state index in [0.29, 0.717) is 5.92 Å². The van der Waals surface area contributed by atoms with Crippen LogP contribution in [0.1, 0.15) is 56.7 Å². The van der Waals surface area contributed by atoms with E-state index < -0.39 is 0 Å². The lowest BCUT2D eigenvalue weighted by atomic mass is 9.73. The van der Waals surface area contributed by atoms with Gasteiger partial charge in [-0.3, -0.25) is 4.29 Å². The summed E-state index contributed by atoms with van der Waals surface area (Å²) in [4.78, 5) is 0. The lowest BCUT2D eigenvalue weighted by Crippen LogP contribution is -2.30. The molecule has 134 valence electrons. The van der Waals surface area contributed by atoms with Gasteiger partial charge in [0, 0.05) is 11.8 Å². The molecule has 1 aromatic rings. The van der Waals surface area contributed by atoms with Crippen molar-refractivity contribution in [1.29, 1.82) is 0 Å². The summed E-state index contributed by atoms with van der Waals surface area (Å²) in [5.74, 6) is 12.8. The summed E-state index contributed by atoms with van der Waals surface area (Å²) in [5.41, 5.74) is 3.95. The Balaban J connectivity index is 3.21. The van der Waals surface area contributed by atoms with Crippen LogP contribution in [-0.2, 0) is 4.29 Å². The van der Waals surface area contributed by atoms with E-state index in [-0.39, 0.29) is 17.9 Å². The molecule has 25 heavy (non-hydrogen) atoms. The van der Waals surface area contributed by atoms with Crippen molar-refractivity contribution in [1.82, 2.24) is 0 Å². The van der Waals surface area contributed by atoms with Gasteiger partial charge in [0.25, 0.3) is 0 Å². The van der Waals surface area contributed by atoms with E-state index in [0.717, 1.165) is 6.42 Å². The minimum absolute atomic E-state index is 0.0877. The maximum atomic E-state index is 5.77. The van der Waals surface area contributed by atoms with Crippen molar-refractivity contribution < 1.29 is 4.29 Å². The van der Waals surface area contributed by atoms with Crippen LogP contribution in [0.25, 0.3) is 0 Å². The molecule has 2 heteroatoms. The maximum absolute atomic E-state index is 5.77.